The van der Waals surface area contributed by atoms with E-state index in [-0.39, 0.29) is 17.8 Å². The van der Waals surface area contributed by atoms with Gasteiger partial charge in [-0.15, -0.1) is 0 Å². The van der Waals surface area contributed by atoms with Crippen molar-refractivity contribution in [2.24, 2.45) is 11.8 Å². The second-order valence-electron chi connectivity index (χ2n) is 7.34. The van der Waals surface area contributed by atoms with E-state index in [0.29, 0.717) is 18.4 Å². The first kappa shape index (κ1) is 22.8. The van der Waals surface area contributed by atoms with E-state index < -0.39 is 12.1 Å². The van der Waals surface area contributed by atoms with Crippen molar-refractivity contribution in [3.8, 4) is 0 Å². The van der Waals surface area contributed by atoms with Gasteiger partial charge in [0.1, 0.15) is 0 Å². The van der Waals surface area contributed by atoms with Crippen LogP contribution in [0.15, 0.2) is 39.8 Å². The monoisotopic (exact) mass is 445 g/mol. The van der Waals surface area contributed by atoms with Crippen molar-refractivity contribution in [2.45, 2.75) is 25.2 Å². The van der Waals surface area contributed by atoms with Crippen molar-refractivity contribution < 1.29 is 41.5 Å². The number of aliphatic carboxylic acids is 1. The van der Waals surface area contributed by atoms with Crippen LogP contribution in [0, 0.1) is 11.8 Å². The number of furan rings is 1. The van der Waals surface area contributed by atoms with Crippen LogP contribution in [0.5, 0.6) is 0 Å². The third kappa shape index (κ3) is 6.31. The molecule has 0 spiro atoms. The predicted octanol–water partition coefficient (Wildman–Crippen LogP) is 2.17. The number of aromatic nitrogens is 1. The number of alkyl halides is 3. The summed E-state index contributed by atoms with van der Waals surface area (Å²) in [6.07, 6.45) is 1.07. The first-order chi connectivity index (χ1) is 14.7. The number of nitrogens with one attached hydrogen (secondary N) is 1. The summed E-state index contributed by atoms with van der Waals surface area (Å²) in [6.45, 7) is 4.25. The van der Waals surface area contributed by atoms with Crippen LogP contribution < -0.4 is 5.32 Å². The number of carboxylic acid groups (broad SMARTS) is 1. The summed E-state index contributed by atoms with van der Waals surface area (Å²) in [5.41, 5.74) is 1.20. The number of rotatable bonds is 5. The highest BCUT2D eigenvalue weighted by Gasteiger charge is 2.41. The molecule has 2 N–H and O–H groups in total. The summed E-state index contributed by atoms with van der Waals surface area (Å²) in [7, 11) is 0. The number of carboxylic acids is 1. The number of fused-ring (bicyclic) bond motifs is 1. The standard InChI is InChI=1S/C17H21N3O4.C2HF3O2/c21-17(15-1-4-19-24-15)18-7-16-14-9-20(5-2-13(14)11-23-16)8-12-3-6-22-10-12;3-2(4,5)1(6)7/h1,3-4,6,10,13-14,16H,2,5,7-9,11H2,(H,18,21);(H,6,7)/t13-,14-,16+;/m0./s1. The van der Waals surface area contributed by atoms with E-state index in [2.05, 4.69) is 15.4 Å². The molecule has 2 aromatic heterocycles. The maximum absolute atomic E-state index is 12.0. The molecule has 3 atom stereocenters. The molecule has 2 aliphatic rings. The molecule has 0 bridgehead atoms. The molecule has 0 unspecified atom stereocenters. The van der Waals surface area contributed by atoms with Crippen LogP contribution in [0.2, 0.25) is 0 Å². The lowest BCUT2D eigenvalue weighted by Crippen LogP contribution is -2.45. The van der Waals surface area contributed by atoms with Crippen LogP contribution >= 0.6 is 0 Å². The van der Waals surface area contributed by atoms with Crippen LogP contribution in [0.3, 0.4) is 0 Å². The Morgan fingerprint density at radius 3 is 2.71 bits per heavy atom. The number of carbonyl (C=O) groups excluding carboxylic acids is 1. The van der Waals surface area contributed by atoms with Gasteiger partial charge < -0.3 is 24.1 Å². The zero-order chi connectivity index (χ0) is 22.4. The highest BCUT2D eigenvalue weighted by atomic mass is 19.4. The van der Waals surface area contributed by atoms with Crippen molar-refractivity contribution in [1.29, 1.82) is 0 Å². The molecule has 2 aromatic rings. The van der Waals surface area contributed by atoms with Gasteiger partial charge >= 0.3 is 12.1 Å². The largest absolute Gasteiger partial charge is 0.490 e. The van der Waals surface area contributed by atoms with Gasteiger partial charge in [-0.3, -0.25) is 9.69 Å². The van der Waals surface area contributed by atoms with E-state index >= 15 is 0 Å². The molecule has 2 fully saturated rings. The molecule has 0 radical (unpaired) electrons. The summed E-state index contributed by atoms with van der Waals surface area (Å²) in [6, 6.07) is 3.56. The zero-order valence-corrected chi connectivity index (χ0v) is 16.4. The van der Waals surface area contributed by atoms with Crippen LogP contribution in [0.1, 0.15) is 22.5 Å². The SMILES string of the molecule is O=C(NC[C@H]1OC[C@@H]2CCN(Cc3ccoc3)C[C@@H]21)c1ccno1.O=C(O)C(F)(F)F. The average molecular weight is 445 g/mol. The van der Waals surface area contributed by atoms with Crippen LogP contribution in [0.25, 0.3) is 0 Å². The summed E-state index contributed by atoms with van der Waals surface area (Å²) in [5.74, 6) is -1.74. The molecular weight excluding hydrogens is 423 g/mol. The highest BCUT2D eigenvalue weighted by molar-refractivity contribution is 5.91. The van der Waals surface area contributed by atoms with Gasteiger partial charge in [-0.25, -0.2) is 4.79 Å². The van der Waals surface area contributed by atoms with E-state index in [9.17, 15) is 18.0 Å². The first-order valence-electron chi connectivity index (χ1n) is 9.58. The topological polar surface area (TPSA) is 118 Å². The maximum Gasteiger partial charge on any atom is 0.490 e. The van der Waals surface area contributed by atoms with Crippen LogP contribution in [0.4, 0.5) is 13.2 Å². The van der Waals surface area contributed by atoms with Crippen molar-refractivity contribution in [3.63, 3.8) is 0 Å². The van der Waals surface area contributed by atoms with Gasteiger partial charge in [-0.2, -0.15) is 13.2 Å². The number of hydrogen-bond donors (Lipinski definition) is 2. The van der Waals surface area contributed by atoms with E-state index in [4.69, 9.17) is 23.6 Å². The molecule has 0 aliphatic carbocycles. The van der Waals surface area contributed by atoms with Gasteiger partial charge in [-0.1, -0.05) is 5.16 Å². The lowest BCUT2D eigenvalue weighted by atomic mass is 9.84. The molecule has 170 valence electrons. The van der Waals surface area contributed by atoms with Crippen molar-refractivity contribution in [3.05, 3.63) is 42.2 Å². The van der Waals surface area contributed by atoms with Gasteiger partial charge in [0, 0.05) is 37.2 Å². The van der Waals surface area contributed by atoms with Gasteiger partial charge in [0.25, 0.3) is 5.91 Å². The molecule has 4 heterocycles. The number of carbonyl (C=O) groups is 2. The van der Waals surface area contributed by atoms with Gasteiger partial charge in [0.15, 0.2) is 0 Å². The number of nitrogens with zero attached hydrogens (tertiary/aromatic N) is 2. The Morgan fingerprint density at radius 2 is 2.10 bits per heavy atom. The van der Waals surface area contributed by atoms with Crippen molar-refractivity contribution in [1.82, 2.24) is 15.4 Å². The van der Waals surface area contributed by atoms with Crippen LogP contribution in [-0.2, 0) is 16.1 Å². The Labute approximate surface area is 175 Å². The van der Waals surface area contributed by atoms with Gasteiger partial charge in [0.2, 0.25) is 5.76 Å². The minimum absolute atomic E-state index is 0.0500. The summed E-state index contributed by atoms with van der Waals surface area (Å²) < 4.78 is 47.7. The van der Waals surface area contributed by atoms with Gasteiger partial charge in [0.05, 0.1) is 31.4 Å². The number of piperidine rings is 1. The minimum Gasteiger partial charge on any atom is -0.475 e. The third-order valence-electron chi connectivity index (χ3n) is 5.25. The Balaban J connectivity index is 0.000000339. The molecule has 9 nitrogen and oxygen atoms in total. The summed E-state index contributed by atoms with van der Waals surface area (Å²) in [4.78, 5) is 23.3. The number of ether oxygens (including phenoxy) is 1. The summed E-state index contributed by atoms with van der Waals surface area (Å²) in [5, 5.41) is 13.6. The Morgan fingerprint density at radius 1 is 1.32 bits per heavy atom. The van der Waals surface area contributed by atoms with E-state index in [1.54, 1.807) is 18.6 Å². The smallest absolute Gasteiger partial charge is 0.475 e. The third-order valence-corrected chi connectivity index (χ3v) is 5.25. The fourth-order valence-electron chi connectivity index (χ4n) is 3.71. The molecule has 1 amide bonds. The number of halogens is 3. The van der Waals surface area contributed by atoms with Crippen LogP contribution in [-0.4, -0.2) is 65.6 Å². The second kappa shape index (κ2) is 9.96. The lowest BCUT2D eigenvalue weighted by molar-refractivity contribution is -0.192. The second-order valence-corrected chi connectivity index (χ2v) is 7.34. The maximum atomic E-state index is 12.0. The number of likely N-dealkylation sites (tertiary alicyclic amines) is 1. The first-order valence-corrected chi connectivity index (χ1v) is 9.58. The average Bonchev–Trinajstić information content (AvgIpc) is 3.48. The zero-order valence-electron chi connectivity index (χ0n) is 16.4. The van der Waals surface area contributed by atoms with Crippen molar-refractivity contribution >= 4 is 11.9 Å². The Bertz CT molecular complexity index is 841. The molecular formula is C19H22F3N3O6. The normalized spacial score (nSPS) is 23.5. The van der Waals surface area contributed by atoms with Gasteiger partial charge in [-0.05, 0) is 24.9 Å². The van der Waals surface area contributed by atoms with E-state index in [1.807, 2.05) is 6.07 Å². The highest BCUT2D eigenvalue weighted by Crippen LogP contribution is 2.34. The Hall–Kier alpha value is -2.86. The molecule has 2 saturated heterocycles. The van der Waals surface area contributed by atoms with Crippen molar-refractivity contribution in [2.75, 3.05) is 26.2 Å². The Kier molecular flexibility index (Phi) is 7.33. The molecule has 4 rings (SSSR count). The molecule has 2 aliphatic heterocycles. The fraction of sp³-hybridized carbons (Fsp3) is 0.526. The molecule has 12 heteroatoms. The lowest BCUT2D eigenvalue weighted by Gasteiger charge is -2.35. The van der Waals surface area contributed by atoms with E-state index in [0.717, 1.165) is 32.7 Å². The molecule has 0 saturated carbocycles. The molecule has 0 aromatic carbocycles. The van der Waals surface area contributed by atoms with E-state index in [1.165, 1.54) is 11.8 Å². The number of amides is 1. The quantitative estimate of drug-likeness (QED) is 0.719. The predicted molar refractivity (Wildman–Crippen MR) is 97.8 cm³/mol. The summed E-state index contributed by atoms with van der Waals surface area (Å²) >= 11 is 0. The number of hydrogen-bond acceptors (Lipinski definition) is 7. The molecule has 31 heavy (non-hydrogen) atoms. The fourth-order valence-corrected chi connectivity index (χ4v) is 3.71. The minimum atomic E-state index is -5.08.